The fraction of sp³-hybridized carbons (Fsp3) is 0.556. The molecule has 1 aromatic heterocycles. The van der Waals surface area contributed by atoms with Crippen molar-refractivity contribution < 1.29 is 32.3 Å². The zero-order chi connectivity index (χ0) is 14.5. The van der Waals surface area contributed by atoms with Gasteiger partial charge >= 0.3 is 13.8 Å². The molecule has 0 aliphatic heterocycles. The lowest BCUT2D eigenvalue weighted by molar-refractivity contribution is 0.202. The van der Waals surface area contributed by atoms with Crippen molar-refractivity contribution in [2.75, 3.05) is 35.5 Å². The molecule has 9 nitrogen and oxygen atoms in total. The summed E-state index contributed by atoms with van der Waals surface area (Å²) < 4.78 is 41.3. The van der Waals surface area contributed by atoms with Crippen molar-refractivity contribution in [3.05, 3.63) is 0 Å². The fourth-order valence-electron chi connectivity index (χ4n) is 1.10. The number of ether oxygens (including phenoxy) is 3. The molecule has 0 unspecified atom stereocenters. The van der Waals surface area contributed by atoms with E-state index in [9.17, 15) is 4.57 Å². The maximum absolute atomic E-state index is 11.9. The molecule has 0 saturated heterocycles. The predicted molar refractivity (Wildman–Crippen MR) is 63.9 cm³/mol. The molecule has 0 amide bonds. The highest BCUT2D eigenvalue weighted by Crippen LogP contribution is 2.52. The topological polar surface area (TPSA) is 98.2 Å². The Morgan fingerprint density at radius 2 is 1.32 bits per heavy atom. The van der Waals surface area contributed by atoms with Crippen LogP contribution in [0.2, 0.25) is 0 Å². The van der Waals surface area contributed by atoms with Gasteiger partial charge in [-0.05, 0) is 0 Å². The average molecular weight is 294 g/mol. The zero-order valence-electron chi connectivity index (χ0n) is 11.2. The van der Waals surface area contributed by atoms with Crippen LogP contribution in [0, 0.1) is 0 Å². The summed E-state index contributed by atoms with van der Waals surface area (Å²) in [5.74, 6) is -0.172. The van der Waals surface area contributed by atoms with E-state index in [-0.39, 0.29) is 23.5 Å². The largest absolute Gasteiger partial charge is 0.529 e. The van der Waals surface area contributed by atoms with Gasteiger partial charge in [0.15, 0.2) is 0 Å². The second-order valence-electron chi connectivity index (χ2n) is 2.96. The van der Waals surface area contributed by atoms with E-state index in [0.29, 0.717) is 0 Å². The van der Waals surface area contributed by atoms with Crippen LogP contribution in [-0.4, -0.2) is 45.5 Å². The Bertz CT molecular complexity index is 449. The molecule has 0 bridgehead atoms. The summed E-state index contributed by atoms with van der Waals surface area (Å²) in [6.07, 6.45) is 0. The molecule has 0 aliphatic rings. The number of hydrogen-bond donors (Lipinski definition) is 0. The lowest BCUT2D eigenvalue weighted by Gasteiger charge is -2.17. The molecule has 0 aromatic carbocycles. The maximum Gasteiger partial charge on any atom is 0.529 e. The highest BCUT2D eigenvalue weighted by molar-refractivity contribution is 7.48. The van der Waals surface area contributed by atoms with Crippen molar-refractivity contribution in [1.29, 1.82) is 0 Å². The second-order valence-corrected chi connectivity index (χ2v) is 4.77. The summed E-state index contributed by atoms with van der Waals surface area (Å²) in [6.45, 7) is 0. The van der Waals surface area contributed by atoms with Crippen LogP contribution in [0.15, 0.2) is 0 Å². The van der Waals surface area contributed by atoms with E-state index < -0.39 is 7.82 Å². The van der Waals surface area contributed by atoms with Gasteiger partial charge in [0.2, 0.25) is 0 Å². The number of phosphoric acid groups is 1. The van der Waals surface area contributed by atoms with Crippen LogP contribution in [0.4, 0.5) is 0 Å². The number of hydrogen-bond acceptors (Lipinski definition) is 9. The van der Waals surface area contributed by atoms with Gasteiger partial charge in [0, 0.05) is 14.2 Å². The monoisotopic (exact) mass is 294 g/mol. The van der Waals surface area contributed by atoms with Gasteiger partial charge in [-0.2, -0.15) is 9.97 Å². The first kappa shape index (κ1) is 15.5. The molecule has 0 radical (unpaired) electrons. The van der Waals surface area contributed by atoms with Gasteiger partial charge < -0.3 is 18.7 Å². The normalized spacial score (nSPS) is 11.0. The third-order valence-electron chi connectivity index (χ3n) is 2.00. The minimum absolute atomic E-state index is 0.00529. The number of phosphoric ester groups is 1. The van der Waals surface area contributed by atoms with Crippen molar-refractivity contribution in [2.24, 2.45) is 0 Å². The van der Waals surface area contributed by atoms with E-state index in [2.05, 4.69) is 19.0 Å². The van der Waals surface area contributed by atoms with Crippen LogP contribution in [0.1, 0.15) is 0 Å². The summed E-state index contributed by atoms with van der Waals surface area (Å²) in [5, 5.41) is 0. The molecule has 0 atom stereocenters. The van der Waals surface area contributed by atoms with E-state index in [1.54, 1.807) is 0 Å². The highest BCUT2D eigenvalue weighted by Gasteiger charge is 2.31. The van der Waals surface area contributed by atoms with Crippen molar-refractivity contribution in [1.82, 2.24) is 9.97 Å². The lowest BCUT2D eigenvalue weighted by Crippen LogP contribution is -2.05. The smallest absolute Gasteiger partial charge is 0.478 e. The van der Waals surface area contributed by atoms with Gasteiger partial charge in [-0.3, -0.25) is 9.05 Å². The first-order valence-corrected chi connectivity index (χ1v) is 6.44. The summed E-state index contributed by atoms with van der Waals surface area (Å²) >= 11 is 0. The quantitative estimate of drug-likeness (QED) is 0.688. The third kappa shape index (κ3) is 3.46. The fourth-order valence-corrected chi connectivity index (χ4v) is 1.78. The molecule has 108 valence electrons. The first-order valence-electron chi connectivity index (χ1n) is 4.98. The predicted octanol–water partition coefficient (Wildman–Crippen LogP) is 1.28. The standard InChI is InChI=1S/C9H15N2O7P/c1-13-7-6(18-19(12,16-4)17-5)8(14-2)11-9(10-7)15-3/h1-5H3. The third-order valence-corrected chi connectivity index (χ3v) is 3.30. The SMILES string of the molecule is COc1nc(OC)c(OP(=O)(OC)OC)c(OC)n1. The van der Waals surface area contributed by atoms with Crippen LogP contribution in [-0.2, 0) is 13.6 Å². The average Bonchev–Trinajstić information content (AvgIpc) is 2.46. The van der Waals surface area contributed by atoms with E-state index in [1.807, 2.05) is 0 Å². The molecule has 0 N–H and O–H groups in total. The van der Waals surface area contributed by atoms with Crippen LogP contribution < -0.4 is 18.7 Å². The van der Waals surface area contributed by atoms with Gasteiger partial charge in [0.25, 0.3) is 17.5 Å². The van der Waals surface area contributed by atoms with Crippen LogP contribution >= 0.6 is 7.82 Å². The first-order chi connectivity index (χ1) is 9.03. The Balaban J connectivity index is 3.28. The van der Waals surface area contributed by atoms with Gasteiger partial charge in [0.1, 0.15) is 0 Å². The molecule has 1 aromatic rings. The molecular formula is C9H15N2O7P. The van der Waals surface area contributed by atoms with Crippen LogP contribution in [0.3, 0.4) is 0 Å². The minimum atomic E-state index is -3.79. The van der Waals surface area contributed by atoms with Crippen molar-refractivity contribution in [3.63, 3.8) is 0 Å². The molecule has 1 rings (SSSR count). The van der Waals surface area contributed by atoms with Gasteiger partial charge in [-0.25, -0.2) is 4.57 Å². The number of aromatic nitrogens is 2. The van der Waals surface area contributed by atoms with E-state index >= 15 is 0 Å². The summed E-state index contributed by atoms with van der Waals surface area (Å²) in [7, 11) is 2.63. The Morgan fingerprint density at radius 3 is 1.63 bits per heavy atom. The van der Waals surface area contributed by atoms with Crippen LogP contribution in [0.25, 0.3) is 0 Å². The molecule has 19 heavy (non-hydrogen) atoms. The zero-order valence-corrected chi connectivity index (χ0v) is 12.1. The van der Waals surface area contributed by atoms with Gasteiger partial charge in [0.05, 0.1) is 21.3 Å². The number of rotatable bonds is 7. The summed E-state index contributed by atoms with van der Waals surface area (Å²) in [5.41, 5.74) is 0. The molecule has 0 spiro atoms. The number of methoxy groups -OCH3 is 3. The Kier molecular flexibility index (Phi) is 5.34. The lowest BCUT2D eigenvalue weighted by atomic mass is 10.5. The highest BCUT2D eigenvalue weighted by atomic mass is 31.2. The van der Waals surface area contributed by atoms with Crippen LogP contribution in [0.5, 0.6) is 23.5 Å². The van der Waals surface area contributed by atoms with Gasteiger partial charge in [-0.15, -0.1) is 0 Å². The van der Waals surface area contributed by atoms with Crippen molar-refractivity contribution in [3.8, 4) is 23.5 Å². The minimum Gasteiger partial charge on any atom is -0.478 e. The maximum atomic E-state index is 11.9. The Morgan fingerprint density at radius 1 is 0.842 bits per heavy atom. The van der Waals surface area contributed by atoms with Gasteiger partial charge in [-0.1, -0.05) is 0 Å². The summed E-state index contributed by atoms with van der Waals surface area (Å²) in [4.78, 5) is 7.76. The van der Waals surface area contributed by atoms with E-state index in [0.717, 1.165) is 0 Å². The molecule has 10 heteroatoms. The van der Waals surface area contributed by atoms with E-state index in [4.69, 9.17) is 18.7 Å². The molecule has 1 heterocycles. The van der Waals surface area contributed by atoms with Crippen molar-refractivity contribution >= 4 is 7.82 Å². The molecule has 0 fully saturated rings. The van der Waals surface area contributed by atoms with E-state index in [1.165, 1.54) is 35.5 Å². The summed E-state index contributed by atoms with van der Waals surface area (Å²) in [6, 6.07) is 0.00529. The molecule has 0 saturated carbocycles. The Hall–Kier alpha value is -1.57. The number of nitrogens with zero attached hydrogens (tertiary/aromatic N) is 2. The Labute approximate surface area is 110 Å². The second kappa shape index (κ2) is 6.55. The molecular weight excluding hydrogens is 279 g/mol. The molecule has 0 aliphatic carbocycles. The van der Waals surface area contributed by atoms with Crippen molar-refractivity contribution in [2.45, 2.75) is 0 Å².